The van der Waals surface area contributed by atoms with Gasteiger partial charge in [0.05, 0.1) is 0 Å². The Morgan fingerprint density at radius 3 is 0.860 bits per heavy atom. The quantitative estimate of drug-likeness (QED) is 0.0318. The van der Waals surface area contributed by atoms with Crippen LogP contribution in [0, 0.1) is 0 Å². The summed E-state index contributed by atoms with van der Waals surface area (Å²) in [4.78, 5) is 23.9. The molecule has 0 aromatic carbocycles. The highest BCUT2D eigenvalue weighted by Gasteiger charge is 2.09. The monoisotopic (exact) mass is 603 g/mol. The molecule has 0 radical (unpaired) electrons. The molecule has 3 heteroatoms. The molecule has 0 N–H and O–H groups in total. The van der Waals surface area contributed by atoms with Crippen molar-refractivity contribution in [2.75, 3.05) is 0 Å². The van der Waals surface area contributed by atoms with Crippen molar-refractivity contribution in [3.05, 3.63) is 24.3 Å². The van der Waals surface area contributed by atoms with E-state index in [1.807, 2.05) is 0 Å². The standard InChI is InChI=1S/C40H74O3/c1-3-5-7-9-11-13-15-17-19-21-23-25-27-29-31-33-35-37-39(41)43-40(42)38-36-34-32-30-28-26-24-22-20-18-16-14-12-10-8-6-4-2/h21-24H,3-20,25-38H2,1-2H3/b23-21-,24-22-. The molecule has 3 nitrogen and oxygen atoms in total. The fraction of sp³-hybridized carbons (Fsp3) is 0.850. The number of allylic oxidation sites excluding steroid dienone is 4. The molecule has 0 bridgehead atoms. The van der Waals surface area contributed by atoms with Crippen LogP contribution in [0.15, 0.2) is 24.3 Å². The molecular weight excluding hydrogens is 528 g/mol. The molecule has 0 amide bonds. The van der Waals surface area contributed by atoms with Crippen LogP contribution in [0.1, 0.15) is 219 Å². The van der Waals surface area contributed by atoms with Gasteiger partial charge in [-0.05, 0) is 64.2 Å². The van der Waals surface area contributed by atoms with Crippen molar-refractivity contribution in [2.45, 2.75) is 219 Å². The van der Waals surface area contributed by atoms with E-state index in [0.717, 1.165) is 38.5 Å². The number of hydrogen-bond acceptors (Lipinski definition) is 3. The Kier molecular flexibility index (Phi) is 35.6. The van der Waals surface area contributed by atoms with E-state index in [-0.39, 0.29) is 11.9 Å². The number of carbonyl (C=O) groups is 2. The largest absolute Gasteiger partial charge is 0.393 e. The second-order valence-electron chi connectivity index (χ2n) is 12.9. The summed E-state index contributed by atoms with van der Waals surface area (Å²) in [6.45, 7) is 4.55. The number of unbranched alkanes of at least 4 members (excludes halogenated alkanes) is 26. The molecule has 0 aromatic rings. The van der Waals surface area contributed by atoms with Gasteiger partial charge in [0.15, 0.2) is 0 Å². The van der Waals surface area contributed by atoms with Crippen LogP contribution in [0.5, 0.6) is 0 Å². The molecule has 0 aliphatic rings. The van der Waals surface area contributed by atoms with Crippen molar-refractivity contribution in [1.82, 2.24) is 0 Å². The van der Waals surface area contributed by atoms with Gasteiger partial charge < -0.3 is 4.74 Å². The van der Waals surface area contributed by atoms with Crippen LogP contribution in [0.3, 0.4) is 0 Å². The van der Waals surface area contributed by atoms with E-state index < -0.39 is 0 Å². The van der Waals surface area contributed by atoms with Gasteiger partial charge in [0, 0.05) is 12.8 Å². The molecule has 0 rings (SSSR count). The molecule has 43 heavy (non-hydrogen) atoms. The Morgan fingerprint density at radius 1 is 0.349 bits per heavy atom. The number of carbonyl (C=O) groups excluding carboxylic acids is 2. The first-order valence-corrected chi connectivity index (χ1v) is 19.2. The fourth-order valence-corrected chi connectivity index (χ4v) is 5.62. The molecular formula is C40H74O3. The van der Waals surface area contributed by atoms with Crippen LogP contribution in [0.2, 0.25) is 0 Å². The molecule has 0 fully saturated rings. The van der Waals surface area contributed by atoms with Crippen molar-refractivity contribution in [2.24, 2.45) is 0 Å². The Hall–Kier alpha value is -1.38. The second kappa shape index (κ2) is 36.8. The molecule has 0 heterocycles. The molecule has 0 unspecified atom stereocenters. The van der Waals surface area contributed by atoms with E-state index in [9.17, 15) is 9.59 Å². The predicted octanol–water partition coefficient (Wildman–Crippen LogP) is 13.7. The van der Waals surface area contributed by atoms with Crippen molar-refractivity contribution in [1.29, 1.82) is 0 Å². The summed E-state index contributed by atoms with van der Waals surface area (Å²) in [7, 11) is 0. The van der Waals surface area contributed by atoms with Gasteiger partial charge >= 0.3 is 11.9 Å². The number of ether oxygens (including phenoxy) is 1. The Morgan fingerprint density at radius 2 is 0.581 bits per heavy atom. The van der Waals surface area contributed by atoms with Crippen LogP contribution in [-0.2, 0) is 14.3 Å². The van der Waals surface area contributed by atoms with E-state index in [4.69, 9.17) is 4.74 Å². The minimum atomic E-state index is -0.340. The summed E-state index contributed by atoms with van der Waals surface area (Å²) >= 11 is 0. The van der Waals surface area contributed by atoms with Gasteiger partial charge in [0.1, 0.15) is 0 Å². The lowest BCUT2D eigenvalue weighted by Gasteiger charge is -2.04. The maximum absolute atomic E-state index is 11.9. The summed E-state index contributed by atoms with van der Waals surface area (Å²) in [5.41, 5.74) is 0. The minimum absolute atomic E-state index is 0.340. The molecule has 0 spiro atoms. The van der Waals surface area contributed by atoms with Gasteiger partial charge in [-0.3, -0.25) is 9.59 Å². The molecule has 0 saturated heterocycles. The first-order valence-electron chi connectivity index (χ1n) is 19.2. The van der Waals surface area contributed by atoms with Gasteiger partial charge in [0.2, 0.25) is 0 Å². The number of rotatable bonds is 34. The average Bonchev–Trinajstić information content (AvgIpc) is 3.00. The third-order valence-corrected chi connectivity index (χ3v) is 8.51. The third-order valence-electron chi connectivity index (χ3n) is 8.51. The van der Waals surface area contributed by atoms with Crippen LogP contribution in [0.4, 0.5) is 0 Å². The molecule has 0 aliphatic heterocycles. The van der Waals surface area contributed by atoms with E-state index >= 15 is 0 Å². The molecule has 252 valence electrons. The molecule has 0 saturated carbocycles. The maximum Gasteiger partial charge on any atom is 0.313 e. The fourth-order valence-electron chi connectivity index (χ4n) is 5.62. The SMILES string of the molecule is CCCCCCCCCC/C=C\CCCCCCCC(=O)OC(=O)CCCCCCC/C=C\CCCCCCCCCC. The topological polar surface area (TPSA) is 43.4 Å². The first-order chi connectivity index (χ1) is 21.2. The number of esters is 2. The molecule has 0 atom stereocenters. The van der Waals surface area contributed by atoms with Crippen LogP contribution >= 0.6 is 0 Å². The Balaban J connectivity index is 3.35. The van der Waals surface area contributed by atoms with E-state index in [2.05, 4.69) is 38.2 Å². The van der Waals surface area contributed by atoms with Crippen LogP contribution in [-0.4, -0.2) is 11.9 Å². The van der Waals surface area contributed by atoms with Gasteiger partial charge in [0.25, 0.3) is 0 Å². The second-order valence-corrected chi connectivity index (χ2v) is 12.9. The van der Waals surface area contributed by atoms with Crippen molar-refractivity contribution in [3.63, 3.8) is 0 Å². The average molecular weight is 603 g/mol. The zero-order valence-electron chi connectivity index (χ0n) is 29.2. The minimum Gasteiger partial charge on any atom is -0.393 e. The van der Waals surface area contributed by atoms with Crippen molar-refractivity contribution >= 4 is 11.9 Å². The predicted molar refractivity (Wildman–Crippen MR) is 188 cm³/mol. The highest BCUT2D eigenvalue weighted by atomic mass is 16.6. The summed E-state index contributed by atoms with van der Waals surface area (Å²) in [5, 5.41) is 0. The van der Waals surface area contributed by atoms with E-state index in [1.54, 1.807) is 0 Å². The molecule has 0 aliphatic carbocycles. The van der Waals surface area contributed by atoms with Crippen LogP contribution < -0.4 is 0 Å². The summed E-state index contributed by atoms with van der Waals surface area (Å²) in [6.07, 6.45) is 48.1. The van der Waals surface area contributed by atoms with E-state index in [0.29, 0.717) is 12.8 Å². The first kappa shape index (κ1) is 41.6. The normalized spacial score (nSPS) is 11.7. The van der Waals surface area contributed by atoms with Crippen molar-refractivity contribution < 1.29 is 14.3 Å². The highest BCUT2D eigenvalue weighted by molar-refractivity contribution is 5.85. The summed E-state index contributed by atoms with van der Waals surface area (Å²) in [6, 6.07) is 0. The van der Waals surface area contributed by atoms with Gasteiger partial charge in [-0.2, -0.15) is 0 Å². The lowest BCUT2D eigenvalue weighted by Crippen LogP contribution is -2.11. The van der Waals surface area contributed by atoms with Gasteiger partial charge in [-0.1, -0.05) is 167 Å². The lowest BCUT2D eigenvalue weighted by atomic mass is 10.1. The maximum atomic E-state index is 11.9. The van der Waals surface area contributed by atoms with E-state index in [1.165, 1.54) is 154 Å². The summed E-state index contributed by atoms with van der Waals surface area (Å²) < 4.78 is 5.01. The zero-order valence-corrected chi connectivity index (χ0v) is 29.2. The highest BCUT2D eigenvalue weighted by Crippen LogP contribution is 2.13. The zero-order chi connectivity index (χ0) is 31.3. The van der Waals surface area contributed by atoms with Gasteiger partial charge in [-0.25, -0.2) is 0 Å². The smallest absolute Gasteiger partial charge is 0.313 e. The Labute approximate surface area is 269 Å². The van der Waals surface area contributed by atoms with Gasteiger partial charge in [-0.15, -0.1) is 0 Å². The van der Waals surface area contributed by atoms with Crippen LogP contribution in [0.25, 0.3) is 0 Å². The number of hydrogen-bond donors (Lipinski definition) is 0. The molecule has 0 aromatic heterocycles. The summed E-state index contributed by atoms with van der Waals surface area (Å²) in [5.74, 6) is -0.680. The Bertz CT molecular complexity index is 582. The van der Waals surface area contributed by atoms with Crippen molar-refractivity contribution in [3.8, 4) is 0 Å². The third kappa shape index (κ3) is 36.7. The lowest BCUT2D eigenvalue weighted by molar-refractivity contribution is -0.159.